The first-order chi connectivity index (χ1) is 12.7. The Hall–Kier alpha value is -3.04. The number of fused-ring (bicyclic) bond motifs is 3. The summed E-state index contributed by atoms with van der Waals surface area (Å²) >= 11 is 6.42. The quantitative estimate of drug-likeness (QED) is 0.385. The van der Waals surface area contributed by atoms with E-state index in [1.165, 1.54) is 0 Å². The summed E-state index contributed by atoms with van der Waals surface area (Å²) in [6.45, 7) is 2.05. The molecule has 0 saturated carbocycles. The van der Waals surface area contributed by atoms with Crippen LogP contribution in [-0.2, 0) is 0 Å². The van der Waals surface area contributed by atoms with Crippen molar-refractivity contribution < 1.29 is 0 Å². The highest BCUT2D eigenvalue weighted by atomic mass is 35.5. The summed E-state index contributed by atoms with van der Waals surface area (Å²) < 4.78 is 4.34. The van der Waals surface area contributed by atoms with Crippen molar-refractivity contribution in [3.8, 4) is 16.9 Å². The van der Waals surface area contributed by atoms with Gasteiger partial charge in [0, 0.05) is 16.8 Å². The zero-order chi connectivity index (χ0) is 17.7. The number of rotatable bonds is 2. The Balaban J connectivity index is 1.93. The minimum absolute atomic E-state index is 0.754. The lowest BCUT2D eigenvalue weighted by molar-refractivity contribution is 1.07. The highest BCUT2D eigenvalue weighted by molar-refractivity contribution is 6.31. The predicted molar refractivity (Wildman–Crippen MR) is 107 cm³/mol. The molecule has 3 nitrogen and oxygen atoms in total. The monoisotopic (exact) mass is 357 g/mol. The Morgan fingerprint density at radius 3 is 2.46 bits per heavy atom. The van der Waals surface area contributed by atoms with E-state index in [0.29, 0.717) is 0 Å². The molecule has 0 radical (unpaired) electrons. The van der Waals surface area contributed by atoms with Gasteiger partial charge in [-0.1, -0.05) is 60.1 Å². The van der Waals surface area contributed by atoms with E-state index in [2.05, 4.69) is 51.6 Å². The second-order valence-corrected chi connectivity index (χ2v) is 6.78. The van der Waals surface area contributed by atoms with Crippen LogP contribution in [0.15, 0.2) is 79.0 Å². The predicted octanol–water partition coefficient (Wildman–Crippen LogP) is 5.91. The summed E-state index contributed by atoms with van der Waals surface area (Å²) in [5, 5.41) is 0.754. The topological polar surface area (TPSA) is 22.2 Å². The average molecular weight is 358 g/mol. The molecular formula is C22H16ClN3. The fourth-order valence-corrected chi connectivity index (χ4v) is 3.66. The van der Waals surface area contributed by atoms with Gasteiger partial charge >= 0.3 is 0 Å². The van der Waals surface area contributed by atoms with E-state index < -0.39 is 0 Å². The minimum atomic E-state index is 0.754. The van der Waals surface area contributed by atoms with Crippen LogP contribution in [-0.4, -0.2) is 14.0 Å². The summed E-state index contributed by atoms with van der Waals surface area (Å²) in [5.41, 5.74) is 6.39. The van der Waals surface area contributed by atoms with Crippen LogP contribution in [0.1, 0.15) is 5.56 Å². The number of hydrogen-bond donors (Lipinski definition) is 0. The molecule has 2 aromatic heterocycles. The minimum Gasteiger partial charge on any atom is -0.283 e. The van der Waals surface area contributed by atoms with Gasteiger partial charge in [-0.3, -0.25) is 8.97 Å². The van der Waals surface area contributed by atoms with Gasteiger partial charge in [0.15, 0.2) is 0 Å². The fraction of sp³-hybridized carbons (Fsp3) is 0.0455. The third-order valence-corrected chi connectivity index (χ3v) is 5.23. The Kier molecular flexibility index (Phi) is 3.37. The standard InChI is InChI=1S/C22H16ClN3/c1-15-17(23)10-7-13-19(15)26-21(16-8-3-2-4-9-16)14-25-20-12-6-5-11-18(20)24-22(25)26/h2-14H,1H3. The molecule has 0 amide bonds. The van der Waals surface area contributed by atoms with E-state index in [9.17, 15) is 0 Å². The van der Waals surface area contributed by atoms with Crippen LogP contribution in [0.4, 0.5) is 0 Å². The van der Waals surface area contributed by atoms with Crippen molar-refractivity contribution in [1.29, 1.82) is 0 Å². The summed E-state index contributed by atoms with van der Waals surface area (Å²) in [5.74, 6) is 0.885. The molecule has 0 aliphatic rings. The van der Waals surface area contributed by atoms with Crippen molar-refractivity contribution in [2.24, 2.45) is 0 Å². The van der Waals surface area contributed by atoms with Gasteiger partial charge in [-0.15, -0.1) is 0 Å². The lowest BCUT2D eigenvalue weighted by Gasteiger charge is -2.12. The third kappa shape index (κ3) is 2.18. The number of para-hydroxylation sites is 2. The van der Waals surface area contributed by atoms with Crippen molar-refractivity contribution in [2.45, 2.75) is 6.92 Å². The van der Waals surface area contributed by atoms with Crippen LogP contribution >= 0.6 is 11.6 Å². The molecule has 0 aliphatic heterocycles. The first kappa shape index (κ1) is 15.2. The molecule has 4 heteroatoms. The average Bonchev–Trinajstić information content (AvgIpc) is 3.21. The van der Waals surface area contributed by atoms with Crippen LogP contribution in [0, 0.1) is 6.92 Å². The molecule has 0 unspecified atom stereocenters. The molecule has 5 rings (SSSR count). The van der Waals surface area contributed by atoms with Crippen LogP contribution in [0.2, 0.25) is 5.02 Å². The van der Waals surface area contributed by atoms with Gasteiger partial charge in [0.25, 0.3) is 0 Å². The zero-order valence-electron chi connectivity index (χ0n) is 14.2. The maximum Gasteiger partial charge on any atom is 0.220 e. The Morgan fingerprint density at radius 2 is 1.62 bits per heavy atom. The van der Waals surface area contributed by atoms with Crippen molar-refractivity contribution in [3.05, 3.63) is 89.6 Å². The zero-order valence-corrected chi connectivity index (χ0v) is 15.0. The lowest BCUT2D eigenvalue weighted by atomic mass is 10.1. The van der Waals surface area contributed by atoms with E-state index in [0.717, 1.165) is 44.3 Å². The SMILES string of the molecule is Cc1c(Cl)cccc1-n1c(-c2ccccc2)cn2c3ccccc3nc12. The maximum atomic E-state index is 6.42. The van der Waals surface area contributed by atoms with Gasteiger partial charge in [0.1, 0.15) is 0 Å². The summed E-state index contributed by atoms with van der Waals surface area (Å²) in [4.78, 5) is 4.89. The largest absolute Gasteiger partial charge is 0.283 e. The van der Waals surface area contributed by atoms with Crippen molar-refractivity contribution in [2.75, 3.05) is 0 Å². The van der Waals surface area contributed by atoms with Crippen LogP contribution < -0.4 is 0 Å². The number of benzene rings is 3. The van der Waals surface area contributed by atoms with Gasteiger partial charge in [-0.25, -0.2) is 4.98 Å². The molecule has 0 saturated heterocycles. The second kappa shape index (κ2) is 5.75. The Labute approximate surface area is 156 Å². The van der Waals surface area contributed by atoms with Gasteiger partial charge in [0.2, 0.25) is 5.78 Å². The Bertz CT molecular complexity index is 1250. The Morgan fingerprint density at radius 1 is 0.846 bits per heavy atom. The van der Waals surface area contributed by atoms with E-state index in [-0.39, 0.29) is 0 Å². The maximum absolute atomic E-state index is 6.42. The number of nitrogens with zero attached hydrogens (tertiary/aromatic N) is 3. The van der Waals surface area contributed by atoms with Crippen LogP contribution in [0.25, 0.3) is 33.8 Å². The highest BCUT2D eigenvalue weighted by Gasteiger charge is 2.18. The van der Waals surface area contributed by atoms with E-state index in [1.807, 2.05) is 43.3 Å². The molecule has 2 heterocycles. The van der Waals surface area contributed by atoms with Crippen LogP contribution in [0.5, 0.6) is 0 Å². The molecule has 5 aromatic rings. The molecule has 0 bridgehead atoms. The molecule has 0 atom stereocenters. The number of imidazole rings is 2. The highest BCUT2D eigenvalue weighted by Crippen LogP contribution is 2.32. The van der Waals surface area contributed by atoms with Gasteiger partial charge in [0.05, 0.1) is 22.4 Å². The third-order valence-electron chi connectivity index (χ3n) is 4.82. The van der Waals surface area contributed by atoms with E-state index >= 15 is 0 Å². The molecule has 0 fully saturated rings. The fourth-order valence-electron chi connectivity index (χ4n) is 3.49. The van der Waals surface area contributed by atoms with Gasteiger partial charge < -0.3 is 0 Å². The van der Waals surface area contributed by atoms with E-state index in [1.54, 1.807) is 0 Å². The number of aromatic nitrogens is 3. The lowest BCUT2D eigenvalue weighted by Crippen LogP contribution is -2.00. The summed E-state index contributed by atoms with van der Waals surface area (Å²) in [7, 11) is 0. The molecule has 0 spiro atoms. The normalized spacial score (nSPS) is 11.5. The molecular weight excluding hydrogens is 342 g/mol. The summed E-state index contributed by atoms with van der Waals surface area (Å²) in [6, 6.07) is 24.6. The summed E-state index contributed by atoms with van der Waals surface area (Å²) in [6.07, 6.45) is 2.15. The van der Waals surface area contributed by atoms with Crippen LogP contribution in [0.3, 0.4) is 0 Å². The number of halogens is 1. The molecule has 26 heavy (non-hydrogen) atoms. The number of hydrogen-bond acceptors (Lipinski definition) is 1. The van der Waals surface area contributed by atoms with Crippen molar-refractivity contribution in [1.82, 2.24) is 14.0 Å². The molecule has 0 aliphatic carbocycles. The van der Waals surface area contributed by atoms with E-state index in [4.69, 9.17) is 16.6 Å². The van der Waals surface area contributed by atoms with Crippen molar-refractivity contribution >= 4 is 28.4 Å². The molecule has 0 N–H and O–H groups in total. The first-order valence-electron chi connectivity index (χ1n) is 8.53. The van der Waals surface area contributed by atoms with Crippen molar-refractivity contribution in [3.63, 3.8) is 0 Å². The molecule has 126 valence electrons. The molecule has 3 aromatic carbocycles. The van der Waals surface area contributed by atoms with Gasteiger partial charge in [-0.2, -0.15) is 0 Å². The second-order valence-electron chi connectivity index (χ2n) is 6.37. The van der Waals surface area contributed by atoms with Gasteiger partial charge in [-0.05, 0) is 36.8 Å². The first-order valence-corrected chi connectivity index (χ1v) is 8.91. The smallest absolute Gasteiger partial charge is 0.220 e.